The molecule has 0 amide bonds. The van der Waals surface area contributed by atoms with Crippen LogP contribution in [0.4, 0.5) is 0 Å². The van der Waals surface area contributed by atoms with Crippen LogP contribution in [0.1, 0.15) is 13.8 Å². The second-order valence-electron chi connectivity index (χ2n) is 1.80. The summed E-state index contributed by atoms with van der Waals surface area (Å²) in [5.41, 5.74) is 5.39. The molecular formula is C6H12N2S4. The predicted molar refractivity (Wildman–Crippen MR) is 67.5 cm³/mol. The Hall–Kier alpha value is 0.480. The normalized spacial score (nSPS) is 9.50. The van der Waals surface area contributed by atoms with Crippen LogP contribution in [0.2, 0.25) is 0 Å². The van der Waals surface area contributed by atoms with E-state index in [-0.39, 0.29) is 0 Å². The maximum atomic E-state index is 5.39. The monoisotopic (exact) mass is 240 g/mol. The molecule has 0 aliphatic heterocycles. The minimum Gasteiger partial charge on any atom is -0.383 e. The molecule has 0 spiro atoms. The Labute approximate surface area is 92.8 Å². The van der Waals surface area contributed by atoms with Gasteiger partial charge < -0.3 is 5.73 Å². The minimum atomic E-state index is 0.413. The molecule has 0 heterocycles. The Kier molecular flexibility index (Phi) is 7.22. The summed E-state index contributed by atoms with van der Waals surface area (Å²) in [6.07, 6.45) is 0. The summed E-state index contributed by atoms with van der Waals surface area (Å²) in [5, 5.41) is 0. The van der Waals surface area contributed by atoms with Crippen molar-refractivity contribution in [2.75, 3.05) is 12.3 Å². The number of nitrogens with two attached hydrogens (primary N) is 1. The largest absolute Gasteiger partial charge is 0.383 e. The topological polar surface area (TPSA) is 29.3 Å². The molecule has 0 saturated heterocycles. The molecule has 0 bridgehead atoms. The fraction of sp³-hybridized carbons (Fsp3) is 0.667. The van der Waals surface area contributed by atoms with Crippen molar-refractivity contribution in [3.05, 3.63) is 0 Å². The van der Waals surface area contributed by atoms with Crippen LogP contribution in [-0.4, -0.2) is 25.2 Å². The molecule has 0 aromatic rings. The third-order valence-electron chi connectivity index (χ3n) is 0.959. The predicted octanol–water partition coefficient (Wildman–Crippen LogP) is 2.24. The zero-order valence-electron chi connectivity index (χ0n) is 7.07. The summed E-state index contributed by atoms with van der Waals surface area (Å²) in [6, 6.07) is 0. The molecular weight excluding hydrogens is 228 g/mol. The highest BCUT2D eigenvalue weighted by Crippen LogP contribution is 2.17. The molecule has 2 N–H and O–H groups in total. The van der Waals surface area contributed by atoms with Crippen LogP contribution < -0.4 is 5.73 Å². The summed E-state index contributed by atoms with van der Waals surface area (Å²) in [5.74, 6) is 0.979. The SMILES string of the molecule is CCSC(=S)N(CC)SC(N)=S. The van der Waals surface area contributed by atoms with E-state index in [1.807, 2.05) is 11.2 Å². The number of thiocarbonyl (C=S) groups is 2. The van der Waals surface area contributed by atoms with Gasteiger partial charge in [-0.3, -0.25) is 4.31 Å². The second kappa shape index (κ2) is 6.94. The van der Waals surface area contributed by atoms with Crippen molar-refractivity contribution in [2.45, 2.75) is 13.8 Å². The van der Waals surface area contributed by atoms with Crippen LogP contribution in [0.15, 0.2) is 0 Å². The molecule has 0 fully saturated rings. The van der Waals surface area contributed by atoms with E-state index in [4.69, 9.17) is 30.2 Å². The Morgan fingerprint density at radius 1 is 1.42 bits per heavy atom. The lowest BCUT2D eigenvalue weighted by atomic mass is 10.8. The van der Waals surface area contributed by atoms with E-state index in [1.165, 1.54) is 11.9 Å². The zero-order valence-corrected chi connectivity index (χ0v) is 10.3. The van der Waals surface area contributed by atoms with Gasteiger partial charge in [0.2, 0.25) is 0 Å². The Bertz CT molecular complexity index is 171. The molecule has 12 heavy (non-hydrogen) atoms. The van der Waals surface area contributed by atoms with Crippen molar-refractivity contribution in [1.82, 2.24) is 4.31 Å². The van der Waals surface area contributed by atoms with E-state index in [2.05, 4.69) is 6.92 Å². The first-order chi connectivity index (χ1) is 5.61. The average molecular weight is 240 g/mol. The van der Waals surface area contributed by atoms with Gasteiger partial charge in [0, 0.05) is 18.5 Å². The molecule has 2 nitrogen and oxygen atoms in total. The summed E-state index contributed by atoms with van der Waals surface area (Å²) in [4.78, 5) is 0. The highest BCUT2D eigenvalue weighted by molar-refractivity contribution is 8.27. The summed E-state index contributed by atoms with van der Waals surface area (Å²) in [6.45, 7) is 4.91. The number of hydrogen-bond acceptors (Lipinski definition) is 4. The van der Waals surface area contributed by atoms with Crippen molar-refractivity contribution in [1.29, 1.82) is 0 Å². The average Bonchev–Trinajstić information content (AvgIpc) is 2.00. The van der Waals surface area contributed by atoms with E-state index in [9.17, 15) is 0 Å². The molecule has 0 radical (unpaired) electrons. The highest BCUT2D eigenvalue weighted by atomic mass is 32.2. The lowest BCUT2D eigenvalue weighted by molar-refractivity contribution is 0.745. The molecule has 0 aromatic heterocycles. The first-order valence-electron chi connectivity index (χ1n) is 3.53. The van der Waals surface area contributed by atoms with Crippen LogP contribution in [-0.2, 0) is 0 Å². The molecule has 0 rings (SSSR count). The van der Waals surface area contributed by atoms with Crippen LogP contribution >= 0.6 is 48.1 Å². The molecule has 70 valence electrons. The van der Waals surface area contributed by atoms with Crippen LogP contribution in [0.25, 0.3) is 0 Å². The molecule has 0 aromatic carbocycles. The Morgan fingerprint density at radius 2 is 2.00 bits per heavy atom. The molecule has 0 unspecified atom stereocenters. The molecule has 0 atom stereocenters. The molecule has 0 saturated carbocycles. The van der Waals surface area contributed by atoms with Gasteiger partial charge in [-0.2, -0.15) is 0 Å². The van der Waals surface area contributed by atoms with Gasteiger partial charge in [0.25, 0.3) is 0 Å². The van der Waals surface area contributed by atoms with Gasteiger partial charge in [-0.25, -0.2) is 0 Å². The number of nitrogens with zero attached hydrogens (tertiary/aromatic N) is 1. The van der Waals surface area contributed by atoms with Crippen molar-refractivity contribution < 1.29 is 0 Å². The van der Waals surface area contributed by atoms with Gasteiger partial charge in [0.15, 0.2) is 4.32 Å². The Morgan fingerprint density at radius 3 is 2.33 bits per heavy atom. The highest BCUT2D eigenvalue weighted by Gasteiger charge is 2.08. The second-order valence-corrected chi connectivity index (χ2v) is 5.46. The van der Waals surface area contributed by atoms with Crippen molar-refractivity contribution in [3.63, 3.8) is 0 Å². The van der Waals surface area contributed by atoms with Crippen LogP contribution in [0.3, 0.4) is 0 Å². The molecule has 0 aliphatic rings. The van der Waals surface area contributed by atoms with Crippen LogP contribution in [0, 0.1) is 0 Å². The third-order valence-corrected chi connectivity index (χ3v) is 3.58. The smallest absolute Gasteiger partial charge is 0.152 e. The number of rotatable bonds is 2. The molecule has 6 heteroatoms. The van der Waals surface area contributed by atoms with E-state index in [0.717, 1.165) is 16.6 Å². The summed E-state index contributed by atoms with van der Waals surface area (Å²) < 4.78 is 3.18. The van der Waals surface area contributed by atoms with Gasteiger partial charge >= 0.3 is 0 Å². The minimum absolute atomic E-state index is 0.413. The maximum Gasteiger partial charge on any atom is 0.152 e. The van der Waals surface area contributed by atoms with Crippen molar-refractivity contribution in [2.24, 2.45) is 5.73 Å². The van der Waals surface area contributed by atoms with Gasteiger partial charge in [-0.1, -0.05) is 43.1 Å². The summed E-state index contributed by atoms with van der Waals surface area (Å²) >= 11 is 12.9. The first-order valence-corrected chi connectivity index (χ1v) is 6.11. The van der Waals surface area contributed by atoms with E-state index in [1.54, 1.807) is 11.8 Å². The fourth-order valence-corrected chi connectivity index (χ4v) is 2.61. The zero-order chi connectivity index (χ0) is 9.56. The van der Waals surface area contributed by atoms with Gasteiger partial charge in [0.05, 0.1) is 0 Å². The van der Waals surface area contributed by atoms with E-state index in [0.29, 0.717) is 4.32 Å². The standard InChI is InChI=1S/C6H12N2S4/c1-3-8(12-5(7)9)6(10)11-4-2/h3-4H2,1-2H3,(H2,7,9). The maximum absolute atomic E-state index is 5.39. The lowest BCUT2D eigenvalue weighted by Gasteiger charge is -2.19. The van der Waals surface area contributed by atoms with Gasteiger partial charge in [-0.05, 0) is 12.7 Å². The quantitative estimate of drug-likeness (QED) is 0.588. The Balaban J connectivity index is 3.96. The fourth-order valence-electron chi connectivity index (χ4n) is 0.535. The number of hydrogen-bond donors (Lipinski definition) is 1. The lowest BCUT2D eigenvalue weighted by Crippen LogP contribution is -2.23. The van der Waals surface area contributed by atoms with E-state index >= 15 is 0 Å². The van der Waals surface area contributed by atoms with Crippen LogP contribution in [0.5, 0.6) is 0 Å². The first kappa shape index (κ1) is 12.5. The van der Waals surface area contributed by atoms with Gasteiger partial charge in [0.1, 0.15) is 4.32 Å². The van der Waals surface area contributed by atoms with Crippen molar-refractivity contribution >= 4 is 56.8 Å². The summed E-state index contributed by atoms with van der Waals surface area (Å²) in [7, 11) is 0. The van der Waals surface area contributed by atoms with Crippen molar-refractivity contribution in [3.8, 4) is 0 Å². The third kappa shape index (κ3) is 5.18. The number of thioether (sulfide) groups is 1. The van der Waals surface area contributed by atoms with Gasteiger partial charge in [-0.15, -0.1) is 0 Å². The molecule has 0 aliphatic carbocycles. The van der Waals surface area contributed by atoms with E-state index < -0.39 is 0 Å².